The predicted molar refractivity (Wildman–Crippen MR) is 75.9 cm³/mol. The molecular weight excluding hydrogens is 276 g/mol. The molecule has 0 saturated heterocycles. The van der Waals surface area contributed by atoms with Gasteiger partial charge < -0.3 is 20.9 Å². The smallest absolute Gasteiger partial charge is 0.340 e. The van der Waals surface area contributed by atoms with Gasteiger partial charge in [-0.05, 0) is 25.5 Å². The Labute approximate surface area is 122 Å². The van der Waals surface area contributed by atoms with E-state index >= 15 is 0 Å². The van der Waals surface area contributed by atoms with Crippen LogP contribution in [0.3, 0.4) is 0 Å². The number of ether oxygens (including phenoxy) is 1. The Morgan fingerprint density at radius 1 is 1.33 bits per heavy atom. The summed E-state index contributed by atoms with van der Waals surface area (Å²) >= 11 is 0. The van der Waals surface area contributed by atoms with Gasteiger partial charge in [0.05, 0.1) is 23.9 Å². The SMILES string of the molecule is CCOC(=O)c1ccccc1NC(=O)C(N)CCC(=O)O. The van der Waals surface area contributed by atoms with Gasteiger partial charge in [0, 0.05) is 6.42 Å². The molecule has 0 saturated carbocycles. The number of carboxylic acid groups (broad SMARTS) is 1. The van der Waals surface area contributed by atoms with Crippen molar-refractivity contribution < 1.29 is 24.2 Å². The number of hydrogen-bond acceptors (Lipinski definition) is 5. The van der Waals surface area contributed by atoms with Gasteiger partial charge >= 0.3 is 11.9 Å². The van der Waals surface area contributed by atoms with Crippen molar-refractivity contribution in [3.05, 3.63) is 29.8 Å². The molecule has 4 N–H and O–H groups in total. The van der Waals surface area contributed by atoms with Gasteiger partial charge in [-0.1, -0.05) is 12.1 Å². The number of carbonyl (C=O) groups excluding carboxylic acids is 2. The van der Waals surface area contributed by atoms with Crippen LogP contribution in [0.5, 0.6) is 0 Å². The molecular formula is C14H18N2O5. The highest BCUT2D eigenvalue weighted by atomic mass is 16.5. The molecule has 0 aliphatic carbocycles. The summed E-state index contributed by atoms with van der Waals surface area (Å²) in [6.07, 6.45) is -0.184. The molecule has 1 rings (SSSR count). The molecule has 114 valence electrons. The maximum atomic E-state index is 11.9. The fraction of sp³-hybridized carbons (Fsp3) is 0.357. The molecule has 0 heterocycles. The zero-order valence-electron chi connectivity index (χ0n) is 11.7. The predicted octanol–water partition coefficient (Wildman–Crippen LogP) is 0.994. The highest BCUT2D eigenvalue weighted by molar-refractivity contribution is 6.02. The minimum Gasteiger partial charge on any atom is -0.481 e. The lowest BCUT2D eigenvalue weighted by Crippen LogP contribution is -2.36. The van der Waals surface area contributed by atoms with Gasteiger partial charge in [0.1, 0.15) is 0 Å². The quantitative estimate of drug-likeness (QED) is 0.645. The zero-order valence-corrected chi connectivity index (χ0v) is 11.7. The molecule has 0 spiro atoms. The Morgan fingerprint density at radius 2 is 2.00 bits per heavy atom. The van der Waals surface area contributed by atoms with Crippen LogP contribution in [0, 0.1) is 0 Å². The molecule has 7 nitrogen and oxygen atoms in total. The lowest BCUT2D eigenvalue weighted by atomic mass is 10.1. The monoisotopic (exact) mass is 294 g/mol. The summed E-state index contributed by atoms with van der Waals surface area (Å²) < 4.78 is 4.89. The summed E-state index contributed by atoms with van der Waals surface area (Å²) in [6.45, 7) is 1.90. The Balaban J connectivity index is 2.76. The number of nitrogens with two attached hydrogens (primary N) is 1. The van der Waals surface area contributed by atoms with Gasteiger partial charge in [-0.15, -0.1) is 0 Å². The van der Waals surface area contributed by atoms with Gasteiger partial charge in [-0.2, -0.15) is 0 Å². The number of esters is 1. The van der Waals surface area contributed by atoms with E-state index < -0.39 is 23.9 Å². The standard InChI is InChI=1S/C14H18N2O5/c1-2-21-14(20)9-5-3-4-6-11(9)16-13(19)10(15)7-8-12(17)18/h3-6,10H,2,7-8,15H2,1H3,(H,16,19)(H,17,18). The maximum absolute atomic E-state index is 11.9. The van der Waals surface area contributed by atoms with Crippen LogP contribution in [-0.2, 0) is 14.3 Å². The minimum atomic E-state index is -1.02. The molecule has 1 amide bonds. The first-order valence-electron chi connectivity index (χ1n) is 6.50. The third kappa shape index (κ3) is 5.23. The van der Waals surface area contributed by atoms with Crippen LogP contribution >= 0.6 is 0 Å². The summed E-state index contributed by atoms with van der Waals surface area (Å²) in [5.74, 6) is -2.12. The molecule has 0 bridgehead atoms. The molecule has 0 radical (unpaired) electrons. The van der Waals surface area contributed by atoms with E-state index in [-0.39, 0.29) is 30.7 Å². The highest BCUT2D eigenvalue weighted by Gasteiger charge is 2.18. The fourth-order valence-corrected chi connectivity index (χ4v) is 1.61. The number of nitrogens with one attached hydrogen (secondary N) is 1. The van der Waals surface area contributed by atoms with E-state index in [9.17, 15) is 14.4 Å². The number of hydrogen-bond donors (Lipinski definition) is 3. The topological polar surface area (TPSA) is 119 Å². The van der Waals surface area contributed by atoms with Gasteiger partial charge in [-0.25, -0.2) is 4.79 Å². The van der Waals surface area contributed by atoms with Gasteiger partial charge in [0.25, 0.3) is 0 Å². The third-order valence-electron chi connectivity index (χ3n) is 2.69. The first kappa shape index (κ1) is 16.6. The van der Waals surface area contributed by atoms with E-state index in [2.05, 4.69) is 5.32 Å². The van der Waals surface area contributed by atoms with Crippen LogP contribution < -0.4 is 11.1 Å². The molecule has 21 heavy (non-hydrogen) atoms. The molecule has 0 aromatic heterocycles. The Kier molecular flexibility index (Phi) is 6.35. The van der Waals surface area contributed by atoms with Gasteiger partial charge in [0.15, 0.2) is 0 Å². The number of para-hydroxylation sites is 1. The Bertz CT molecular complexity index is 530. The molecule has 1 atom stereocenters. The number of carbonyl (C=O) groups is 3. The second kappa shape index (κ2) is 8.01. The van der Waals surface area contributed by atoms with Crippen LogP contribution in [-0.4, -0.2) is 35.6 Å². The molecule has 0 aliphatic heterocycles. The van der Waals surface area contributed by atoms with E-state index in [1.165, 1.54) is 6.07 Å². The molecule has 0 aliphatic rings. The van der Waals surface area contributed by atoms with Crippen LogP contribution in [0.15, 0.2) is 24.3 Å². The van der Waals surface area contributed by atoms with E-state index in [1.54, 1.807) is 25.1 Å². The number of anilines is 1. The average Bonchev–Trinajstić information content (AvgIpc) is 2.45. The first-order valence-corrected chi connectivity index (χ1v) is 6.50. The summed E-state index contributed by atoms with van der Waals surface area (Å²) in [6, 6.07) is 5.41. The van der Waals surface area contributed by atoms with E-state index in [1.807, 2.05) is 0 Å². The molecule has 0 fully saturated rings. The van der Waals surface area contributed by atoms with Crippen molar-refractivity contribution in [3.8, 4) is 0 Å². The van der Waals surface area contributed by atoms with Crippen LogP contribution in [0.25, 0.3) is 0 Å². The summed E-state index contributed by atoms with van der Waals surface area (Å²) in [5.41, 5.74) is 6.11. The van der Waals surface area contributed by atoms with Crippen LogP contribution in [0.4, 0.5) is 5.69 Å². The molecule has 1 aromatic carbocycles. The van der Waals surface area contributed by atoms with Crippen molar-refractivity contribution in [2.45, 2.75) is 25.8 Å². The molecule has 1 unspecified atom stereocenters. The van der Waals surface area contributed by atoms with Crippen molar-refractivity contribution in [3.63, 3.8) is 0 Å². The summed E-state index contributed by atoms with van der Waals surface area (Å²) in [5, 5.41) is 11.1. The molecule has 7 heteroatoms. The van der Waals surface area contributed by atoms with E-state index in [4.69, 9.17) is 15.6 Å². The number of rotatable bonds is 7. The second-order valence-corrected chi connectivity index (χ2v) is 4.29. The van der Waals surface area contributed by atoms with Crippen molar-refractivity contribution in [1.82, 2.24) is 0 Å². The highest BCUT2D eigenvalue weighted by Crippen LogP contribution is 2.16. The van der Waals surface area contributed by atoms with E-state index in [0.29, 0.717) is 0 Å². The van der Waals surface area contributed by atoms with Crippen LogP contribution in [0.2, 0.25) is 0 Å². The zero-order chi connectivity index (χ0) is 15.8. The van der Waals surface area contributed by atoms with Gasteiger partial charge in [0.2, 0.25) is 5.91 Å². The van der Waals surface area contributed by atoms with Crippen molar-refractivity contribution in [2.24, 2.45) is 5.73 Å². The average molecular weight is 294 g/mol. The van der Waals surface area contributed by atoms with Crippen molar-refractivity contribution in [1.29, 1.82) is 0 Å². The van der Waals surface area contributed by atoms with Crippen molar-refractivity contribution in [2.75, 3.05) is 11.9 Å². The van der Waals surface area contributed by atoms with Crippen molar-refractivity contribution >= 4 is 23.5 Å². The van der Waals surface area contributed by atoms with Crippen LogP contribution in [0.1, 0.15) is 30.1 Å². The largest absolute Gasteiger partial charge is 0.481 e. The minimum absolute atomic E-state index is 0.0166. The number of carboxylic acids is 1. The number of benzene rings is 1. The summed E-state index contributed by atoms with van der Waals surface area (Å²) in [7, 11) is 0. The maximum Gasteiger partial charge on any atom is 0.340 e. The fourth-order valence-electron chi connectivity index (χ4n) is 1.61. The van der Waals surface area contributed by atoms with Gasteiger partial charge in [-0.3, -0.25) is 9.59 Å². The number of aliphatic carboxylic acids is 1. The third-order valence-corrected chi connectivity index (χ3v) is 2.69. The lowest BCUT2D eigenvalue weighted by molar-refractivity contribution is -0.137. The Morgan fingerprint density at radius 3 is 2.62 bits per heavy atom. The lowest BCUT2D eigenvalue weighted by Gasteiger charge is -2.13. The first-order chi connectivity index (χ1) is 9.95. The normalized spacial score (nSPS) is 11.5. The second-order valence-electron chi connectivity index (χ2n) is 4.29. The molecule has 1 aromatic rings. The Hall–Kier alpha value is -2.41. The summed E-state index contributed by atoms with van der Waals surface area (Å²) in [4.78, 5) is 34.1. The number of amides is 1. The van der Waals surface area contributed by atoms with E-state index in [0.717, 1.165) is 0 Å².